The monoisotopic (exact) mass is 400 g/mol. The van der Waals surface area contributed by atoms with E-state index < -0.39 is 10.0 Å². The molecule has 0 fully saturated rings. The number of nitrogens with one attached hydrogen (secondary N) is 1. The SMILES string of the molecule is CC(C)c1csc(NS(=O)(=O)c2cc(Cl)c(Br)s2)n1. The Bertz CT molecular complexity index is 674. The Hall–Kier alpha value is -0.150. The minimum atomic E-state index is -3.63. The lowest BCUT2D eigenvalue weighted by atomic mass is 10.2. The van der Waals surface area contributed by atoms with Gasteiger partial charge < -0.3 is 0 Å². The number of hydrogen-bond donors (Lipinski definition) is 1. The van der Waals surface area contributed by atoms with Crippen LogP contribution >= 0.6 is 50.2 Å². The zero-order chi connectivity index (χ0) is 14.2. The summed E-state index contributed by atoms with van der Waals surface area (Å²) in [6.07, 6.45) is 0. The van der Waals surface area contributed by atoms with Crippen LogP contribution in [-0.4, -0.2) is 13.4 Å². The number of rotatable bonds is 4. The van der Waals surface area contributed by atoms with E-state index in [1.54, 1.807) is 0 Å². The maximum atomic E-state index is 12.1. The van der Waals surface area contributed by atoms with Gasteiger partial charge in [0.15, 0.2) is 5.13 Å². The van der Waals surface area contributed by atoms with Gasteiger partial charge in [0.2, 0.25) is 0 Å². The minimum Gasteiger partial charge on any atom is -0.254 e. The molecule has 2 aromatic heterocycles. The number of nitrogens with zero attached hydrogens (tertiary/aromatic N) is 1. The lowest BCUT2D eigenvalue weighted by Crippen LogP contribution is -2.11. The molecule has 19 heavy (non-hydrogen) atoms. The minimum absolute atomic E-state index is 0.158. The van der Waals surface area contributed by atoms with Crippen molar-refractivity contribution >= 4 is 65.4 Å². The first kappa shape index (κ1) is 15.2. The molecule has 104 valence electrons. The highest BCUT2D eigenvalue weighted by Gasteiger charge is 2.20. The molecule has 2 rings (SSSR count). The van der Waals surface area contributed by atoms with E-state index in [0.29, 0.717) is 13.9 Å². The van der Waals surface area contributed by atoms with Crippen LogP contribution in [0.2, 0.25) is 5.02 Å². The topological polar surface area (TPSA) is 59.1 Å². The molecule has 0 saturated carbocycles. The summed E-state index contributed by atoms with van der Waals surface area (Å²) in [6, 6.07) is 1.41. The summed E-state index contributed by atoms with van der Waals surface area (Å²) in [4.78, 5) is 4.24. The van der Waals surface area contributed by atoms with E-state index in [1.807, 2.05) is 19.2 Å². The van der Waals surface area contributed by atoms with Gasteiger partial charge in [-0.2, -0.15) is 0 Å². The third-order valence-corrected chi connectivity index (χ3v) is 7.41. The van der Waals surface area contributed by atoms with Crippen LogP contribution in [0.5, 0.6) is 0 Å². The average molecular weight is 402 g/mol. The first-order valence-corrected chi connectivity index (χ1v) is 9.57. The Kier molecular flexibility index (Phi) is 4.56. The van der Waals surface area contributed by atoms with Gasteiger partial charge in [-0.1, -0.05) is 25.4 Å². The van der Waals surface area contributed by atoms with E-state index in [-0.39, 0.29) is 10.1 Å². The number of anilines is 1. The molecule has 0 atom stereocenters. The Labute approximate surface area is 133 Å². The normalized spacial score (nSPS) is 12.1. The van der Waals surface area contributed by atoms with Crippen molar-refractivity contribution in [3.05, 3.63) is 25.9 Å². The average Bonchev–Trinajstić information content (AvgIpc) is 2.87. The highest BCUT2D eigenvalue weighted by molar-refractivity contribution is 9.11. The number of thiophene rings is 1. The summed E-state index contributed by atoms with van der Waals surface area (Å²) < 4.78 is 27.5. The van der Waals surface area contributed by atoms with Crippen LogP contribution in [0.15, 0.2) is 19.4 Å². The van der Waals surface area contributed by atoms with E-state index in [9.17, 15) is 8.42 Å². The molecule has 1 N–H and O–H groups in total. The molecule has 0 aromatic carbocycles. The quantitative estimate of drug-likeness (QED) is 0.818. The largest absolute Gasteiger partial charge is 0.273 e. The summed E-state index contributed by atoms with van der Waals surface area (Å²) in [6.45, 7) is 4.01. The van der Waals surface area contributed by atoms with Crippen LogP contribution in [0.25, 0.3) is 0 Å². The molecule has 0 amide bonds. The molecule has 2 heterocycles. The first-order chi connectivity index (χ1) is 8.79. The number of thiazole rings is 1. The van der Waals surface area contributed by atoms with Gasteiger partial charge in [-0.25, -0.2) is 13.4 Å². The Morgan fingerprint density at radius 3 is 2.63 bits per heavy atom. The predicted octanol–water partition coefficient (Wildman–Crippen LogP) is 4.54. The maximum absolute atomic E-state index is 12.1. The van der Waals surface area contributed by atoms with Crippen LogP contribution in [-0.2, 0) is 10.0 Å². The molecular weight excluding hydrogens is 392 g/mol. The van der Waals surface area contributed by atoms with Crippen LogP contribution in [0.4, 0.5) is 5.13 Å². The van der Waals surface area contributed by atoms with Crippen LogP contribution < -0.4 is 4.72 Å². The van der Waals surface area contributed by atoms with Gasteiger partial charge in [0.25, 0.3) is 10.0 Å². The Morgan fingerprint density at radius 1 is 1.47 bits per heavy atom. The van der Waals surface area contributed by atoms with Crippen molar-refractivity contribution in [2.75, 3.05) is 4.72 Å². The van der Waals surface area contributed by atoms with Gasteiger partial charge in [-0.05, 0) is 27.9 Å². The van der Waals surface area contributed by atoms with Crippen molar-refractivity contribution in [1.82, 2.24) is 4.98 Å². The summed E-state index contributed by atoms with van der Waals surface area (Å²) in [5.74, 6) is 0.264. The number of hydrogen-bond acceptors (Lipinski definition) is 5. The number of halogens is 2. The third-order valence-electron chi connectivity index (χ3n) is 2.22. The van der Waals surface area contributed by atoms with Crippen molar-refractivity contribution in [3.8, 4) is 0 Å². The van der Waals surface area contributed by atoms with Crippen molar-refractivity contribution < 1.29 is 8.42 Å². The van der Waals surface area contributed by atoms with Crippen LogP contribution in [0.3, 0.4) is 0 Å². The zero-order valence-electron chi connectivity index (χ0n) is 9.98. The van der Waals surface area contributed by atoms with E-state index in [2.05, 4.69) is 25.6 Å². The number of aromatic nitrogens is 1. The molecule has 0 aliphatic heterocycles. The standard InChI is InChI=1S/C10H10BrClN2O2S3/c1-5(2)7-4-17-10(13-7)14-19(15,16)8-3-6(12)9(11)18-8/h3-5H,1-2H3,(H,13,14). The molecule has 0 bridgehead atoms. The van der Waals surface area contributed by atoms with Crippen molar-refractivity contribution in [2.45, 2.75) is 24.0 Å². The molecule has 0 saturated heterocycles. The molecule has 0 radical (unpaired) electrons. The van der Waals surface area contributed by atoms with Gasteiger partial charge in [0, 0.05) is 5.38 Å². The van der Waals surface area contributed by atoms with Crippen LogP contribution in [0, 0.1) is 0 Å². The van der Waals surface area contributed by atoms with Gasteiger partial charge in [0.1, 0.15) is 4.21 Å². The Balaban J connectivity index is 2.25. The van der Waals surface area contributed by atoms with Crippen LogP contribution in [0.1, 0.15) is 25.5 Å². The first-order valence-electron chi connectivity index (χ1n) is 5.22. The zero-order valence-corrected chi connectivity index (χ0v) is 14.8. The summed E-state index contributed by atoms with van der Waals surface area (Å²) in [5.41, 5.74) is 0.869. The van der Waals surface area contributed by atoms with Crippen molar-refractivity contribution in [3.63, 3.8) is 0 Å². The molecule has 0 aliphatic carbocycles. The molecule has 0 spiro atoms. The number of sulfonamides is 1. The molecule has 9 heteroatoms. The molecule has 0 unspecified atom stereocenters. The molecule has 0 aliphatic rings. The van der Waals surface area contributed by atoms with E-state index in [1.165, 1.54) is 17.4 Å². The van der Waals surface area contributed by atoms with Gasteiger partial charge in [-0.15, -0.1) is 22.7 Å². The summed E-state index contributed by atoms with van der Waals surface area (Å²) >= 11 is 11.4. The fourth-order valence-corrected chi connectivity index (χ4v) is 5.75. The lowest BCUT2D eigenvalue weighted by Gasteiger charge is -2.02. The molecule has 2 aromatic rings. The fraction of sp³-hybridized carbons (Fsp3) is 0.300. The smallest absolute Gasteiger partial charge is 0.254 e. The molecule has 4 nitrogen and oxygen atoms in total. The summed E-state index contributed by atoms with van der Waals surface area (Å²) in [7, 11) is -3.63. The fourth-order valence-electron chi connectivity index (χ4n) is 1.22. The highest BCUT2D eigenvalue weighted by Crippen LogP contribution is 2.35. The lowest BCUT2D eigenvalue weighted by molar-refractivity contribution is 0.603. The van der Waals surface area contributed by atoms with E-state index in [4.69, 9.17) is 11.6 Å². The highest BCUT2D eigenvalue weighted by atomic mass is 79.9. The second-order valence-electron chi connectivity index (χ2n) is 4.02. The second kappa shape index (κ2) is 5.69. The Morgan fingerprint density at radius 2 is 2.16 bits per heavy atom. The molecular formula is C10H10BrClN2O2S3. The summed E-state index contributed by atoms with van der Waals surface area (Å²) in [5, 5.41) is 2.59. The van der Waals surface area contributed by atoms with Gasteiger partial charge in [-0.3, -0.25) is 4.72 Å². The van der Waals surface area contributed by atoms with Gasteiger partial charge in [0.05, 0.1) is 14.5 Å². The van der Waals surface area contributed by atoms with Crippen molar-refractivity contribution in [2.24, 2.45) is 0 Å². The predicted molar refractivity (Wildman–Crippen MR) is 84.0 cm³/mol. The third kappa shape index (κ3) is 3.49. The maximum Gasteiger partial charge on any atom is 0.273 e. The second-order valence-corrected chi connectivity index (χ2v) is 9.57. The van der Waals surface area contributed by atoms with E-state index in [0.717, 1.165) is 17.0 Å². The van der Waals surface area contributed by atoms with Gasteiger partial charge >= 0.3 is 0 Å². The van der Waals surface area contributed by atoms with Crippen molar-refractivity contribution in [1.29, 1.82) is 0 Å². The van der Waals surface area contributed by atoms with E-state index >= 15 is 0 Å².